The summed E-state index contributed by atoms with van der Waals surface area (Å²) in [4.78, 5) is 18.1. The molecule has 0 amide bonds. The summed E-state index contributed by atoms with van der Waals surface area (Å²) in [6, 6.07) is 11.2. The van der Waals surface area contributed by atoms with Gasteiger partial charge >= 0.3 is 0 Å². The maximum atomic E-state index is 13.3. The van der Waals surface area contributed by atoms with Crippen molar-refractivity contribution < 1.29 is 18.7 Å². The Kier molecular flexibility index (Phi) is 5.14. The van der Waals surface area contributed by atoms with E-state index in [2.05, 4.69) is 4.98 Å². The number of carbonyl (C=O) groups is 1. The molecule has 5 nitrogen and oxygen atoms in total. The molecule has 0 unspecified atom stereocenters. The van der Waals surface area contributed by atoms with Gasteiger partial charge in [0.25, 0.3) is 0 Å². The average Bonchev–Trinajstić information content (AvgIpc) is 3.33. The number of hydrogen-bond acceptors (Lipinski definition) is 5. The van der Waals surface area contributed by atoms with Gasteiger partial charge in [0.15, 0.2) is 22.2 Å². The summed E-state index contributed by atoms with van der Waals surface area (Å²) in [7, 11) is 3.07. The molecule has 146 valence electrons. The molecule has 0 bridgehead atoms. The van der Waals surface area contributed by atoms with Crippen molar-refractivity contribution in [3.63, 3.8) is 0 Å². The van der Waals surface area contributed by atoms with Gasteiger partial charge in [0.2, 0.25) is 0 Å². The van der Waals surface area contributed by atoms with Crippen LogP contribution in [0.1, 0.15) is 16.1 Å². The minimum absolute atomic E-state index is 0.179. The molecule has 0 radical (unpaired) electrons. The Morgan fingerprint density at radius 2 is 1.86 bits per heavy atom. The fraction of sp³-hybridized carbons (Fsp3) is 0.0909. The van der Waals surface area contributed by atoms with Gasteiger partial charge in [-0.05, 0) is 54.6 Å². The van der Waals surface area contributed by atoms with Crippen molar-refractivity contribution in [3.05, 3.63) is 77.2 Å². The van der Waals surface area contributed by atoms with E-state index in [9.17, 15) is 9.18 Å². The first-order valence-corrected chi connectivity index (χ1v) is 9.64. The van der Waals surface area contributed by atoms with Crippen molar-refractivity contribution in [1.29, 1.82) is 0 Å². The molecule has 0 aliphatic rings. The minimum Gasteiger partial charge on any atom is -0.493 e. The van der Waals surface area contributed by atoms with E-state index in [0.29, 0.717) is 22.8 Å². The highest BCUT2D eigenvalue weighted by Gasteiger charge is 2.14. The number of allylic oxidation sites excluding steroid dienone is 1. The van der Waals surface area contributed by atoms with Crippen LogP contribution in [-0.4, -0.2) is 29.4 Å². The standard InChI is InChI=1S/C22H17FN2O3S/c1-27-19-10-5-15(13-20(19)28-2)18(26)9-8-17-21(14-3-6-16(23)7-4-14)24-22-25(17)11-12-29-22/h3-13H,1-2H3/b9-8+. The largest absolute Gasteiger partial charge is 0.493 e. The van der Waals surface area contributed by atoms with Crippen LogP contribution in [0.25, 0.3) is 22.3 Å². The van der Waals surface area contributed by atoms with Crippen molar-refractivity contribution in [2.45, 2.75) is 0 Å². The molecule has 7 heteroatoms. The third kappa shape index (κ3) is 3.64. The van der Waals surface area contributed by atoms with E-state index < -0.39 is 0 Å². The molecule has 0 atom stereocenters. The molecule has 0 saturated heterocycles. The summed E-state index contributed by atoms with van der Waals surface area (Å²) in [5.41, 5.74) is 2.70. The SMILES string of the molecule is COc1ccc(C(=O)/C=C/c2c(-c3ccc(F)cc3)nc3sccn23)cc1OC. The molecular weight excluding hydrogens is 391 g/mol. The van der Waals surface area contributed by atoms with Crippen molar-refractivity contribution >= 4 is 28.2 Å². The zero-order valence-electron chi connectivity index (χ0n) is 15.8. The van der Waals surface area contributed by atoms with Gasteiger partial charge in [0, 0.05) is 22.7 Å². The van der Waals surface area contributed by atoms with Crippen LogP contribution in [0.5, 0.6) is 11.5 Å². The predicted molar refractivity (Wildman–Crippen MR) is 111 cm³/mol. The first-order valence-electron chi connectivity index (χ1n) is 8.76. The van der Waals surface area contributed by atoms with Crippen LogP contribution in [0, 0.1) is 5.82 Å². The van der Waals surface area contributed by atoms with Crippen molar-refractivity contribution in [2.24, 2.45) is 0 Å². The minimum atomic E-state index is -0.310. The van der Waals surface area contributed by atoms with E-state index in [4.69, 9.17) is 9.47 Å². The van der Waals surface area contributed by atoms with E-state index in [0.717, 1.165) is 16.2 Å². The van der Waals surface area contributed by atoms with Crippen LogP contribution in [0.4, 0.5) is 4.39 Å². The fourth-order valence-electron chi connectivity index (χ4n) is 3.02. The number of hydrogen-bond donors (Lipinski definition) is 0. The second kappa shape index (κ2) is 7.89. The Labute approximate surface area is 170 Å². The number of imidazole rings is 1. The molecule has 2 heterocycles. The summed E-state index contributed by atoms with van der Waals surface area (Å²) >= 11 is 1.49. The van der Waals surface area contributed by atoms with Crippen LogP contribution < -0.4 is 9.47 Å². The topological polar surface area (TPSA) is 52.8 Å². The number of halogens is 1. The third-order valence-corrected chi connectivity index (χ3v) is 5.23. The number of rotatable bonds is 6. The molecule has 0 N–H and O–H groups in total. The van der Waals surface area contributed by atoms with Crippen molar-refractivity contribution in [1.82, 2.24) is 9.38 Å². The lowest BCUT2D eigenvalue weighted by Gasteiger charge is -2.08. The molecule has 0 fully saturated rings. The van der Waals surface area contributed by atoms with Gasteiger partial charge in [-0.15, -0.1) is 11.3 Å². The molecule has 0 saturated carbocycles. The third-order valence-electron chi connectivity index (χ3n) is 4.48. The number of nitrogens with zero attached hydrogens (tertiary/aromatic N) is 2. The summed E-state index contributed by atoms with van der Waals surface area (Å²) in [5, 5.41) is 1.92. The molecule has 29 heavy (non-hydrogen) atoms. The molecule has 2 aromatic carbocycles. The molecule has 4 rings (SSSR count). The second-order valence-electron chi connectivity index (χ2n) is 6.18. The van der Waals surface area contributed by atoms with E-state index >= 15 is 0 Å². The van der Waals surface area contributed by atoms with Gasteiger partial charge in [-0.3, -0.25) is 9.20 Å². The molecular formula is C22H17FN2O3S. The number of methoxy groups -OCH3 is 2. The lowest BCUT2D eigenvalue weighted by molar-refractivity contribution is 0.104. The van der Waals surface area contributed by atoms with E-state index in [1.165, 1.54) is 36.7 Å². The van der Waals surface area contributed by atoms with Crippen LogP contribution in [0.15, 0.2) is 60.1 Å². The molecule has 0 aliphatic carbocycles. The Balaban J connectivity index is 1.71. The lowest BCUT2D eigenvalue weighted by Crippen LogP contribution is -1.97. The first-order chi connectivity index (χ1) is 14.1. The fourth-order valence-corrected chi connectivity index (χ4v) is 3.74. The van der Waals surface area contributed by atoms with Gasteiger partial charge in [0.1, 0.15) is 5.82 Å². The highest BCUT2D eigenvalue weighted by Crippen LogP contribution is 2.29. The monoisotopic (exact) mass is 408 g/mol. The van der Waals surface area contributed by atoms with Crippen LogP contribution >= 0.6 is 11.3 Å². The van der Waals surface area contributed by atoms with Crippen LogP contribution in [0.3, 0.4) is 0 Å². The van der Waals surface area contributed by atoms with Crippen LogP contribution in [0.2, 0.25) is 0 Å². The van der Waals surface area contributed by atoms with E-state index in [1.54, 1.807) is 43.5 Å². The number of ketones is 1. The van der Waals surface area contributed by atoms with E-state index in [-0.39, 0.29) is 11.6 Å². The Bertz CT molecular complexity index is 1210. The number of ether oxygens (including phenoxy) is 2. The first kappa shape index (κ1) is 18.9. The zero-order valence-corrected chi connectivity index (χ0v) is 16.6. The normalized spacial score (nSPS) is 11.3. The zero-order chi connectivity index (χ0) is 20.4. The molecule has 2 aromatic heterocycles. The van der Waals surface area contributed by atoms with Gasteiger partial charge in [-0.1, -0.05) is 0 Å². The lowest BCUT2D eigenvalue weighted by atomic mass is 10.1. The van der Waals surface area contributed by atoms with Crippen LogP contribution in [-0.2, 0) is 0 Å². The summed E-state index contributed by atoms with van der Waals surface area (Å²) in [5.74, 6) is 0.558. The number of carbonyl (C=O) groups excluding carboxylic acids is 1. The maximum absolute atomic E-state index is 13.3. The Morgan fingerprint density at radius 1 is 1.10 bits per heavy atom. The maximum Gasteiger partial charge on any atom is 0.194 e. The number of thiazole rings is 1. The average molecular weight is 408 g/mol. The van der Waals surface area contributed by atoms with Crippen molar-refractivity contribution in [2.75, 3.05) is 14.2 Å². The smallest absolute Gasteiger partial charge is 0.194 e. The summed E-state index contributed by atoms with van der Waals surface area (Å²) in [6.07, 6.45) is 5.11. The van der Waals surface area contributed by atoms with Gasteiger partial charge < -0.3 is 9.47 Å². The number of aromatic nitrogens is 2. The summed E-state index contributed by atoms with van der Waals surface area (Å²) in [6.45, 7) is 0. The van der Waals surface area contributed by atoms with Crippen molar-refractivity contribution in [3.8, 4) is 22.8 Å². The molecule has 4 aromatic rings. The quantitative estimate of drug-likeness (QED) is 0.328. The number of benzene rings is 2. The Morgan fingerprint density at radius 3 is 2.59 bits per heavy atom. The highest BCUT2D eigenvalue weighted by molar-refractivity contribution is 7.15. The second-order valence-corrected chi connectivity index (χ2v) is 7.05. The van der Waals surface area contributed by atoms with Gasteiger partial charge in [-0.2, -0.15) is 0 Å². The highest BCUT2D eigenvalue weighted by atomic mass is 32.1. The molecule has 0 aliphatic heterocycles. The van der Waals surface area contributed by atoms with Gasteiger partial charge in [0.05, 0.1) is 25.6 Å². The molecule has 0 spiro atoms. The summed E-state index contributed by atoms with van der Waals surface area (Å²) < 4.78 is 25.7. The predicted octanol–water partition coefficient (Wildman–Crippen LogP) is 5.12. The van der Waals surface area contributed by atoms with E-state index in [1.807, 2.05) is 16.0 Å². The van der Waals surface area contributed by atoms with Gasteiger partial charge in [-0.25, -0.2) is 9.37 Å². The Hall–Kier alpha value is -3.45. The number of fused-ring (bicyclic) bond motifs is 1.